The van der Waals surface area contributed by atoms with Crippen molar-refractivity contribution in [2.24, 2.45) is 0 Å². The van der Waals surface area contributed by atoms with Crippen LogP contribution < -0.4 is 0 Å². The second kappa shape index (κ2) is 1.94. The predicted molar refractivity (Wildman–Crippen MR) is 35.6 cm³/mol. The van der Waals surface area contributed by atoms with Gasteiger partial charge in [-0.05, 0) is 0 Å². The van der Waals surface area contributed by atoms with Gasteiger partial charge in [0.1, 0.15) is 5.82 Å². The lowest BCUT2D eigenvalue weighted by Crippen LogP contribution is -2.18. The van der Waals surface area contributed by atoms with Crippen molar-refractivity contribution in [3.8, 4) is 0 Å². The van der Waals surface area contributed by atoms with E-state index >= 15 is 0 Å². The highest BCUT2D eigenvalue weighted by atomic mass is 16.1. The molecule has 1 aromatic heterocycles. The lowest BCUT2D eigenvalue weighted by atomic mass is 10.1. The van der Waals surface area contributed by atoms with E-state index in [0.29, 0.717) is 18.7 Å². The van der Waals surface area contributed by atoms with Crippen LogP contribution in [0.2, 0.25) is 0 Å². The van der Waals surface area contributed by atoms with Crippen LogP contribution >= 0.6 is 0 Å². The van der Waals surface area contributed by atoms with E-state index in [4.69, 9.17) is 0 Å². The third-order valence-electron chi connectivity index (χ3n) is 1.78. The fourth-order valence-electron chi connectivity index (χ4n) is 1.23. The van der Waals surface area contributed by atoms with Crippen molar-refractivity contribution >= 4 is 5.78 Å². The summed E-state index contributed by atoms with van der Waals surface area (Å²) in [4.78, 5) is 15.0. The van der Waals surface area contributed by atoms with Gasteiger partial charge in [-0.2, -0.15) is 0 Å². The van der Waals surface area contributed by atoms with E-state index in [1.807, 2.05) is 10.8 Å². The molecule has 1 aliphatic rings. The highest BCUT2D eigenvalue weighted by Crippen LogP contribution is 2.08. The molecule has 0 bridgehead atoms. The van der Waals surface area contributed by atoms with Crippen molar-refractivity contribution in [1.82, 2.24) is 9.55 Å². The van der Waals surface area contributed by atoms with Gasteiger partial charge in [0.05, 0.1) is 6.54 Å². The highest BCUT2D eigenvalue weighted by Gasteiger charge is 2.14. The molecular weight excluding hydrogens is 128 g/mol. The number of Topliss-reactive ketones (excluding diaryl/α,β-unsaturated/α-hetero) is 1. The summed E-state index contributed by atoms with van der Waals surface area (Å²) in [6, 6.07) is 0. The smallest absolute Gasteiger partial charge is 0.153 e. The molecule has 52 valence electrons. The summed E-state index contributed by atoms with van der Waals surface area (Å²) in [6.45, 7) is 0.523. The fourth-order valence-corrected chi connectivity index (χ4v) is 1.23. The Morgan fingerprint density at radius 2 is 2.40 bits per heavy atom. The normalized spacial score (nSPS) is 17.0. The van der Waals surface area contributed by atoms with Gasteiger partial charge in [0, 0.05) is 25.2 Å². The van der Waals surface area contributed by atoms with Crippen LogP contribution in [0.5, 0.6) is 0 Å². The number of aryl methyl sites for hydroxylation is 1. The van der Waals surface area contributed by atoms with Crippen molar-refractivity contribution in [1.29, 1.82) is 0 Å². The molecule has 0 aliphatic carbocycles. The van der Waals surface area contributed by atoms with Crippen LogP contribution in [0.25, 0.3) is 0 Å². The van der Waals surface area contributed by atoms with Gasteiger partial charge < -0.3 is 4.57 Å². The van der Waals surface area contributed by atoms with E-state index in [1.165, 1.54) is 0 Å². The van der Waals surface area contributed by atoms with E-state index < -0.39 is 0 Å². The minimum Gasteiger partial charge on any atom is -0.327 e. The van der Waals surface area contributed by atoms with E-state index in [0.717, 1.165) is 12.2 Å². The Hall–Kier alpha value is -1.12. The molecule has 3 heteroatoms. The molecule has 0 unspecified atom stereocenters. The molecule has 3 nitrogen and oxygen atoms in total. The summed E-state index contributed by atoms with van der Waals surface area (Å²) < 4.78 is 1.91. The van der Waals surface area contributed by atoms with E-state index in [2.05, 4.69) is 4.98 Å². The van der Waals surface area contributed by atoms with Crippen molar-refractivity contribution in [3.63, 3.8) is 0 Å². The first-order valence-electron chi connectivity index (χ1n) is 3.38. The highest BCUT2D eigenvalue weighted by molar-refractivity contribution is 5.79. The maximum absolute atomic E-state index is 10.9. The van der Waals surface area contributed by atoms with E-state index in [-0.39, 0.29) is 0 Å². The predicted octanol–water partition coefficient (Wildman–Crippen LogP) is 0.398. The van der Waals surface area contributed by atoms with Crippen LogP contribution in [0.4, 0.5) is 0 Å². The zero-order valence-corrected chi connectivity index (χ0v) is 5.58. The van der Waals surface area contributed by atoms with Gasteiger partial charge in [0.25, 0.3) is 0 Å². The molecule has 0 N–H and O–H groups in total. The van der Waals surface area contributed by atoms with Crippen molar-refractivity contribution in [3.05, 3.63) is 18.2 Å². The Bertz CT molecular complexity index is 264. The minimum absolute atomic E-state index is 0.311. The number of nitrogens with zero attached hydrogens (tertiary/aromatic N) is 2. The quantitative estimate of drug-likeness (QED) is 0.517. The van der Waals surface area contributed by atoms with Crippen LogP contribution in [0, 0.1) is 0 Å². The maximum Gasteiger partial charge on any atom is 0.153 e. The molecule has 10 heavy (non-hydrogen) atoms. The standard InChI is InChI=1S/C7H8N2O/c10-6-1-2-7-8-3-4-9(7)5-6/h3-4H,1-2,5H2. The number of aromatic nitrogens is 2. The summed E-state index contributed by atoms with van der Waals surface area (Å²) in [6.07, 6.45) is 5.07. The number of ketones is 1. The van der Waals surface area contributed by atoms with Gasteiger partial charge in [0.2, 0.25) is 0 Å². The monoisotopic (exact) mass is 136 g/mol. The van der Waals surface area contributed by atoms with Gasteiger partial charge in [-0.25, -0.2) is 4.98 Å². The van der Waals surface area contributed by atoms with Crippen molar-refractivity contribution in [2.45, 2.75) is 19.4 Å². The molecule has 0 fully saturated rings. The van der Waals surface area contributed by atoms with Crippen molar-refractivity contribution < 1.29 is 4.79 Å². The molecule has 2 heterocycles. The van der Waals surface area contributed by atoms with Crippen LogP contribution in [-0.2, 0) is 17.8 Å². The molecule has 0 atom stereocenters. The summed E-state index contributed by atoms with van der Waals surface area (Å²) >= 11 is 0. The molecule has 0 saturated heterocycles. The fraction of sp³-hybridized carbons (Fsp3) is 0.429. The van der Waals surface area contributed by atoms with Crippen LogP contribution in [0.15, 0.2) is 12.4 Å². The van der Waals surface area contributed by atoms with Gasteiger partial charge in [0.15, 0.2) is 5.78 Å². The Kier molecular flexibility index (Phi) is 1.09. The number of rotatable bonds is 0. The molecule has 1 aliphatic heterocycles. The molecule has 1 aromatic rings. The first-order chi connectivity index (χ1) is 4.86. The SMILES string of the molecule is O=C1CCc2nccn2C1. The Balaban J connectivity index is 2.39. The number of carbonyl (C=O) groups is 1. The first kappa shape index (κ1) is 5.65. The Morgan fingerprint density at radius 1 is 1.50 bits per heavy atom. The van der Waals surface area contributed by atoms with Crippen LogP contribution in [-0.4, -0.2) is 15.3 Å². The number of hydrogen-bond acceptors (Lipinski definition) is 2. The topological polar surface area (TPSA) is 34.9 Å². The second-order valence-electron chi connectivity index (χ2n) is 2.51. The summed E-state index contributed by atoms with van der Waals surface area (Å²) in [5.74, 6) is 1.35. The third-order valence-corrected chi connectivity index (χ3v) is 1.78. The van der Waals surface area contributed by atoms with E-state index in [1.54, 1.807) is 6.20 Å². The molecular formula is C7H8N2O. The van der Waals surface area contributed by atoms with Crippen molar-refractivity contribution in [2.75, 3.05) is 0 Å². The summed E-state index contributed by atoms with van der Waals surface area (Å²) in [7, 11) is 0. The van der Waals surface area contributed by atoms with Crippen LogP contribution in [0.1, 0.15) is 12.2 Å². The molecule has 0 spiro atoms. The lowest BCUT2D eigenvalue weighted by molar-refractivity contribution is -0.120. The van der Waals surface area contributed by atoms with Gasteiger partial charge >= 0.3 is 0 Å². The number of hydrogen-bond donors (Lipinski definition) is 0. The number of carbonyl (C=O) groups excluding carboxylic acids is 1. The number of imidazole rings is 1. The molecule has 0 amide bonds. The minimum atomic E-state index is 0.311. The third kappa shape index (κ3) is 0.744. The number of fused-ring (bicyclic) bond motifs is 1. The zero-order chi connectivity index (χ0) is 6.97. The Labute approximate surface area is 58.7 Å². The second-order valence-corrected chi connectivity index (χ2v) is 2.51. The largest absolute Gasteiger partial charge is 0.327 e. The average Bonchev–Trinajstić information content (AvgIpc) is 2.33. The van der Waals surface area contributed by atoms with Gasteiger partial charge in [-0.1, -0.05) is 0 Å². The molecule has 2 rings (SSSR count). The van der Waals surface area contributed by atoms with E-state index in [9.17, 15) is 4.79 Å². The van der Waals surface area contributed by atoms with Gasteiger partial charge in [-0.15, -0.1) is 0 Å². The van der Waals surface area contributed by atoms with Crippen LogP contribution in [0.3, 0.4) is 0 Å². The lowest BCUT2D eigenvalue weighted by Gasteiger charge is -2.11. The zero-order valence-electron chi connectivity index (χ0n) is 5.58. The maximum atomic E-state index is 10.9. The average molecular weight is 136 g/mol. The summed E-state index contributed by atoms with van der Waals surface area (Å²) in [5.41, 5.74) is 0. The molecule has 0 saturated carbocycles. The Morgan fingerprint density at radius 3 is 3.30 bits per heavy atom. The first-order valence-corrected chi connectivity index (χ1v) is 3.38. The summed E-state index contributed by atoms with van der Waals surface area (Å²) in [5, 5.41) is 0. The molecule has 0 radical (unpaired) electrons. The molecule has 0 aromatic carbocycles. The van der Waals surface area contributed by atoms with Gasteiger partial charge in [-0.3, -0.25) is 4.79 Å².